The van der Waals surface area contributed by atoms with Crippen molar-refractivity contribution in [3.63, 3.8) is 0 Å². The van der Waals surface area contributed by atoms with Crippen LogP contribution >= 0.6 is 11.3 Å². The topological polar surface area (TPSA) is 95.0 Å². The third-order valence-electron chi connectivity index (χ3n) is 6.10. The van der Waals surface area contributed by atoms with Gasteiger partial charge in [-0.2, -0.15) is 5.26 Å². The lowest BCUT2D eigenvalue weighted by Gasteiger charge is -2.38. The molecule has 0 radical (unpaired) electrons. The molecule has 0 atom stereocenters. The van der Waals surface area contributed by atoms with Crippen LogP contribution in [0.25, 0.3) is 21.3 Å². The summed E-state index contributed by atoms with van der Waals surface area (Å²) in [5, 5.41) is 21.0. The number of nitriles is 1. The summed E-state index contributed by atoms with van der Waals surface area (Å²) in [5.41, 5.74) is 2.50. The van der Waals surface area contributed by atoms with Crippen LogP contribution in [0.15, 0.2) is 17.6 Å². The second-order valence-corrected chi connectivity index (χ2v) is 10.0. The number of hydrogen-bond acceptors (Lipinski definition) is 5. The Morgan fingerprint density at radius 3 is 2.70 bits per heavy atom. The Morgan fingerprint density at radius 1 is 1.33 bits per heavy atom. The molecule has 1 aliphatic carbocycles. The average molecular weight is 426 g/mol. The number of amides is 1. The minimum absolute atomic E-state index is 0.273. The van der Waals surface area contributed by atoms with Gasteiger partial charge in [0.05, 0.1) is 34.4 Å². The van der Waals surface area contributed by atoms with Gasteiger partial charge in [-0.25, -0.2) is 9.78 Å². The third-order valence-corrected chi connectivity index (χ3v) is 7.01. The van der Waals surface area contributed by atoms with Crippen molar-refractivity contribution in [1.29, 1.82) is 5.26 Å². The monoisotopic (exact) mass is 425 g/mol. The van der Waals surface area contributed by atoms with Crippen molar-refractivity contribution in [2.75, 3.05) is 6.54 Å². The SMILES string of the molecule is CC(C)(C)N(CC1CCC(n2c(CC#N)nc3cnc4ccsc4c32)CC1)C(=O)O. The maximum Gasteiger partial charge on any atom is 0.407 e. The smallest absolute Gasteiger partial charge is 0.407 e. The predicted molar refractivity (Wildman–Crippen MR) is 118 cm³/mol. The van der Waals surface area contributed by atoms with E-state index in [9.17, 15) is 15.2 Å². The molecule has 3 aromatic heterocycles. The second-order valence-electron chi connectivity index (χ2n) is 9.10. The van der Waals surface area contributed by atoms with Crippen LogP contribution in [0.4, 0.5) is 4.79 Å². The van der Waals surface area contributed by atoms with E-state index in [1.165, 1.54) is 0 Å². The van der Waals surface area contributed by atoms with Gasteiger partial charge < -0.3 is 14.6 Å². The molecule has 0 bridgehead atoms. The Balaban J connectivity index is 1.60. The van der Waals surface area contributed by atoms with Gasteiger partial charge in [0.1, 0.15) is 11.3 Å². The van der Waals surface area contributed by atoms with E-state index in [1.807, 2.05) is 38.4 Å². The number of fused-ring (bicyclic) bond motifs is 3. The molecule has 0 aliphatic heterocycles. The van der Waals surface area contributed by atoms with Crippen LogP contribution in [0.3, 0.4) is 0 Å². The summed E-state index contributed by atoms with van der Waals surface area (Å²) in [6.45, 7) is 6.40. The largest absolute Gasteiger partial charge is 0.465 e. The van der Waals surface area contributed by atoms with Gasteiger partial charge in [0.15, 0.2) is 0 Å². The Hall–Kier alpha value is -2.66. The quantitative estimate of drug-likeness (QED) is 0.618. The van der Waals surface area contributed by atoms with E-state index >= 15 is 0 Å². The molecule has 1 saturated carbocycles. The van der Waals surface area contributed by atoms with Gasteiger partial charge in [-0.3, -0.25) is 4.98 Å². The van der Waals surface area contributed by atoms with E-state index in [1.54, 1.807) is 16.2 Å². The molecular formula is C22H27N5O2S. The van der Waals surface area contributed by atoms with Crippen molar-refractivity contribution in [2.24, 2.45) is 5.92 Å². The molecule has 1 N–H and O–H groups in total. The molecule has 1 amide bonds. The standard InChI is InChI=1S/C22H27N5O2S/c1-22(2,3)26(21(28)29)13-14-4-6-15(7-5-14)27-18(8-10-23)25-17-12-24-16-9-11-30-20(16)19(17)27/h9,11-12,14-15H,4-8,13H2,1-3H3,(H,28,29). The first kappa shape index (κ1) is 20.6. The molecule has 1 fully saturated rings. The zero-order valence-electron chi connectivity index (χ0n) is 17.6. The summed E-state index contributed by atoms with van der Waals surface area (Å²) in [4.78, 5) is 22.5. The molecule has 4 rings (SSSR count). The number of nitrogens with zero attached hydrogens (tertiary/aromatic N) is 5. The fourth-order valence-electron chi connectivity index (χ4n) is 4.60. The minimum atomic E-state index is -0.853. The Morgan fingerprint density at radius 2 is 2.07 bits per heavy atom. The number of pyridine rings is 1. The lowest BCUT2D eigenvalue weighted by Crippen LogP contribution is -2.47. The van der Waals surface area contributed by atoms with E-state index in [0.29, 0.717) is 12.5 Å². The van der Waals surface area contributed by atoms with Crippen LogP contribution in [-0.2, 0) is 6.42 Å². The molecule has 7 nitrogen and oxygen atoms in total. The summed E-state index contributed by atoms with van der Waals surface area (Å²) in [5.74, 6) is 1.16. The highest BCUT2D eigenvalue weighted by atomic mass is 32.1. The summed E-state index contributed by atoms with van der Waals surface area (Å²) in [6.07, 6.45) is 5.08. The van der Waals surface area contributed by atoms with Crippen molar-refractivity contribution < 1.29 is 9.90 Å². The molecule has 3 aromatic rings. The average Bonchev–Trinajstić information content (AvgIpc) is 3.29. The molecule has 8 heteroatoms. The van der Waals surface area contributed by atoms with Crippen molar-refractivity contribution in [3.05, 3.63) is 23.5 Å². The van der Waals surface area contributed by atoms with Crippen molar-refractivity contribution in [3.8, 4) is 6.07 Å². The van der Waals surface area contributed by atoms with Gasteiger partial charge in [0.2, 0.25) is 0 Å². The molecule has 0 saturated heterocycles. The Labute approximate surface area is 180 Å². The highest BCUT2D eigenvalue weighted by molar-refractivity contribution is 7.18. The third kappa shape index (κ3) is 3.74. The summed E-state index contributed by atoms with van der Waals surface area (Å²) < 4.78 is 3.39. The van der Waals surface area contributed by atoms with Crippen LogP contribution in [0.2, 0.25) is 0 Å². The zero-order valence-corrected chi connectivity index (χ0v) is 18.4. The van der Waals surface area contributed by atoms with Gasteiger partial charge in [-0.05, 0) is 63.8 Å². The number of hydrogen-bond donors (Lipinski definition) is 1. The van der Waals surface area contributed by atoms with E-state index in [-0.39, 0.29) is 12.5 Å². The molecule has 1 aliphatic rings. The first-order valence-electron chi connectivity index (χ1n) is 10.4. The number of imidazole rings is 1. The number of aromatic nitrogens is 3. The van der Waals surface area contributed by atoms with E-state index in [2.05, 4.69) is 15.6 Å². The summed E-state index contributed by atoms with van der Waals surface area (Å²) in [6, 6.07) is 4.55. The first-order chi connectivity index (χ1) is 14.3. The van der Waals surface area contributed by atoms with Gasteiger partial charge in [-0.15, -0.1) is 11.3 Å². The second kappa shape index (κ2) is 7.88. The van der Waals surface area contributed by atoms with Gasteiger partial charge >= 0.3 is 6.09 Å². The number of carbonyl (C=O) groups is 1. The highest BCUT2D eigenvalue weighted by Crippen LogP contribution is 2.38. The molecule has 3 heterocycles. The minimum Gasteiger partial charge on any atom is -0.465 e. The van der Waals surface area contributed by atoms with Gasteiger partial charge in [-0.1, -0.05) is 0 Å². The van der Waals surface area contributed by atoms with Crippen LogP contribution in [0.1, 0.15) is 58.3 Å². The van der Waals surface area contributed by atoms with Crippen LogP contribution in [-0.4, -0.2) is 42.7 Å². The number of carboxylic acid groups (broad SMARTS) is 1. The highest BCUT2D eigenvalue weighted by Gasteiger charge is 2.32. The first-order valence-corrected chi connectivity index (χ1v) is 11.3. The van der Waals surface area contributed by atoms with Gasteiger partial charge in [0.25, 0.3) is 0 Å². The lowest BCUT2D eigenvalue weighted by molar-refractivity contribution is 0.0803. The van der Waals surface area contributed by atoms with E-state index < -0.39 is 11.6 Å². The number of rotatable bonds is 4. The molecular weight excluding hydrogens is 398 g/mol. The maximum absolute atomic E-state index is 11.7. The molecule has 30 heavy (non-hydrogen) atoms. The molecule has 0 spiro atoms. The van der Waals surface area contributed by atoms with E-state index in [0.717, 1.165) is 52.8 Å². The molecule has 0 unspecified atom stereocenters. The predicted octanol–water partition coefficient (Wildman–Crippen LogP) is 5.22. The maximum atomic E-state index is 11.7. The summed E-state index contributed by atoms with van der Waals surface area (Å²) in [7, 11) is 0. The lowest BCUT2D eigenvalue weighted by atomic mass is 9.84. The van der Waals surface area contributed by atoms with Gasteiger partial charge in [0, 0.05) is 18.1 Å². The Kier molecular flexibility index (Phi) is 5.41. The van der Waals surface area contributed by atoms with Crippen molar-refractivity contribution in [2.45, 2.75) is 64.5 Å². The van der Waals surface area contributed by atoms with Crippen molar-refractivity contribution in [1.82, 2.24) is 19.4 Å². The summed E-state index contributed by atoms with van der Waals surface area (Å²) >= 11 is 1.66. The van der Waals surface area contributed by atoms with Crippen LogP contribution in [0, 0.1) is 17.2 Å². The number of thiophene rings is 1. The van der Waals surface area contributed by atoms with Crippen molar-refractivity contribution >= 4 is 38.7 Å². The Bertz CT molecular complexity index is 1110. The fraction of sp³-hybridized carbons (Fsp3) is 0.545. The van der Waals surface area contributed by atoms with Crippen LogP contribution in [0.5, 0.6) is 0 Å². The van der Waals surface area contributed by atoms with E-state index in [4.69, 9.17) is 4.98 Å². The fourth-order valence-corrected chi connectivity index (χ4v) is 5.49. The van der Waals surface area contributed by atoms with Crippen LogP contribution < -0.4 is 0 Å². The normalized spacial score (nSPS) is 19.8. The molecule has 0 aromatic carbocycles. The zero-order chi connectivity index (χ0) is 21.5. The molecule has 158 valence electrons.